The number of hydrogen-bond donors (Lipinski definition) is 1. The minimum absolute atomic E-state index is 0.0115. The van der Waals surface area contributed by atoms with Crippen molar-refractivity contribution < 1.29 is 17.9 Å². The van der Waals surface area contributed by atoms with Crippen molar-refractivity contribution in [3.05, 3.63) is 0 Å². The van der Waals surface area contributed by atoms with Crippen LogP contribution < -0.4 is 5.32 Å². The predicted octanol–water partition coefficient (Wildman–Crippen LogP) is 0.911. The SMILES string of the molecule is CCC(CC)C(CNC(=O)C1CCCN(S(C)(=O)=O)C1)N1CCOCC1. The third-order valence-corrected chi connectivity index (χ3v) is 7.09. The standard InChI is InChI=1S/C18H35N3O4S/c1-4-15(5-2)17(20-9-11-25-12-10-20)13-19-18(22)16-7-6-8-21(14-16)26(3,23)24/h15-17H,4-14H2,1-3H3,(H,19,22). The summed E-state index contributed by atoms with van der Waals surface area (Å²) in [4.78, 5) is 15.1. The number of nitrogens with zero attached hydrogens (tertiary/aromatic N) is 2. The number of carbonyl (C=O) groups is 1. The van der Waals surface area contributed by atoms with Crippen LogP contribution in [0.2, 0.25) is 0 Å². The molecule has 2 atom stereocenters. The van der Waals surface area contributed by atoms with Gasteiger partial charge >= 0.3 is 0 Å². The van der Waals surface area contributed by atoms with Crippen molar-refractivity contribution in [2.45, 2.75) is 45.6 Å². The summed E-state index contributed by atoms with van der Waals surface area (Å²) in [7, 11) is -3.23. The van der Waals surface area contributed by atoms with E-state index in [1.165, 1.54) is 10.6 Å². The van der Waals surface area contributed by atoms with Crippen LogP contribution in [0, 0.1) is 11.8 Å². The Bertz CT molecular complexity index is 545. The molecule has 2 aliphatic rings. The highest BCUT2D eigenvalue weighted by molar-refractivity contribution is 7.88. The van der Waals surface area contributed by atoms with E-state index in [0.29, 0.717) is 31.6 Å². The summed E-state index contributed by atoms with van der Waals surface area (Å²) in [6.07, 6.45) is 4.88. The van der Waals surface area contributed by atoms with Gasteiger partial charge in [-0.15, -0.1) is 0 Å². The predicted molar refractivity (Wildman–Crippen MR) is 102 cm³/mol. The lowest BCUT2D eigenvalue weighted by Crippen LogP contribution is -2.53. The highest BCUT2D eigenvalue weighted by atomic mass is 32.2. The van der Waals surface area contributed by atoms with Crippen LogP contribution in [0.25, 0.3) is 0 Å². The average Bonchev–Trinajstić information content (AvgIpc) is 2.65. The van der Waals surface area contributed by atoms with Gasteiger partial charge in [-0.05, 0) is 18.8 Å². The van der Waals surface area contributed by atoms with Crippen LogP contribution in [0.5, 0.6) is 0 Å². The van der Waals surface area contributed by atoms with Crippen molar-refractivity contribution >= 4 is 15.9 Å². The van der Waals surface area contributed by atoms with E-state index in [2.05, 4.69) is 24.1 Å². The van der Waals surface area contributed by atoms with Gasteiger partial charge in [0.1, 0.15) is 0 Å². The number of hydrogen-bond acceptors (Lipinski definition) is 5. The Morgan fingerprint density at radius 3 is 2.42 bits per heavy atom. The molecule has 0 radical (unpaired) electrons. The zero-order valence-electron chi connectivity index (χ0n) is 16.4. The summed E-state index contributed by atoms with van der Waals surface area (Å²) >= 11 is 0. The quantitative estimate of drug-likeness (QED) is 0.668. The zero-order chi connectivity index (χ0) is 19.2. The largest absolute Gasteiger partial charge is 0.379 e. The summed E-state index contributed by atoms with van der Waals surface area (Å²) in [5.74, 6) is 0.278. The minimum Gasteiger partial charge on any atom is -0.379 e. The van der Waals surface area contributed by atoms with E-state index in [4.69, 9.17) is 4.74 Å². The van der Waals surface area contributed by atoms with Gasteiger partial charge in [-0.1, -0.05) is 26.7 Å². The van der Waals surface area contributed by atoms with E-state index in [1.807, 2.05) is 0 Å². The molecule has 7 nitrogen and oxygen atoms in total. The first kappa shape index (κ1) is 21.6. The van der Waals surface area contributed by atoms with E-state index < -0.39 is 10.0 Å². The Balaban J connectivity index is 1.95. The van der Waals surface area contributed by atoms with Crippen LogP contribution in [0.4, 0.5) is 0 Å². The molecule has 152 valence electrons. The molecule has 8 heteroatoms. The number of nitrogens with one attached hydrogen (secondary N) is 1. The third kappa shape index (κ3) is 5.90. The Morgan fingerprint density at radius 1 is 1.19 bits per heavy atom. The second kappa shape index (κ2) is 10.0. The highest BCUT2D eigenvalue weighted by Crippen LogP contribution is 2.21. The number of piperidine rings is 1. The van der Waals surface area contributed by atoms with Crippen LogP contribution in [0.3, 0.4) is 0 Å². The molecule has 1 amide bonds. The molecule has 0 bridgehead atoms. The molecule has 0 aromatic rings. The normalized spacial score (nSPS) is 24.5. The van der Waals surface area contributed by atoms with Crippen LogP contribution in [-0.2, 0) is 19.6 Å². The van der Waals surface area contributed by atoms with Crippen molar-refractivity contribution in [3.63, 3.8) is 0 Å². The number of amides is 1. The van der Waals surface area contributed by atoms with Crippen LogP contribution in [0.1, 0.15) is 39.5 Å². The lowest BCUT2D eigenvalue weighted by molar-refractivity contribution is -0.126. The molecule has 2 unspecified atom stereocenters. The van der Waals surface area contributed by atoms with Gasteiger partial charge < -0.3 is 10.1 Å². The summed E-state index contributed by atoms with van der Waals surface area (Å²) in [5.41, 5.74) is 0. The maximum absolute atomic E-state index is 12.7. The molecule has 2 heterocycles. The number of rotatable bonds is 8. The fraction of sp³-hybridized carbons (Fsp3) is 0.944. The second-order valence-electron chi connectivity index (χ2n) is 7.50. The molecule has 0 aromatic heterocycles. The molecule has 1 N–H and O–H groups in total. The summed E-state index contributed by atoms with van der Waals surface area (Å²) in [5, 5.41) is 3.13. The first-order chi connectivity index (χ1) is 12.4. The van der Waals surface area contributed by atoms with Gasteiger partial charge in [0.15, 0.2) is 0 Å². The first-order valence-electron chi connectivity index (χ1n) is 9.91. The van der Waals surface area contributed by atoms with Crippen molar-refractivity contribution in [3.8, 4) is 0 Å². The molecule has 0 saturated carbocycles. The van der Waals surface area contributed by atoms with Gasteiger partial charge in [-0.25, -0.2) is 12.7 Å². The maximum Gasteiger partial charge on any atom is 0.224 e. The molecular weight excluding hydrogens is 354 g/mol. The van der Waals surface area contributed by atoms with Crippen molar-refractivity contribution in [2.75, 3.05) is 52.2 Å². The zero-order valence-corrected chi connectivity index (χ0v) is 17.3. The fourth-order valence-corrected chi connectivity index (χ4v) is 5.05. The van der Waals surface area contributed by atoms with E-state index in [-0.39, 0.29) is 11.8 Å². The Morgan fingerprint density at radius 2 is 1.85 bits per heavy atom. The van der Waals surface area contributed by atoms with Crippen LogP contribution in [-0.4, -0.2) is 81.8 Å². The van der Waals surface area contributed by atoms with Crippen molar-refractivity contribution in [1.82, 2.24) is 14.5 Å². The molecule has 2 rings (SSSR count). The topological polar surface area (TPSA) is 79.0 Å². The van der Waals surface area contributed by atoms with Crippen molar-refractivity contribution in [2.24, 2.45) is 11.8 Å². The first-order valence-corrected chi connectivity index (χ1v) is 11.8. The molecule has 26 heavy (non-hydrogen) atoms. The number of ether oxygens (including phenoxy) is 1. The van der Waals surface area contributed by atoms with E-state index in [9.17, 15) is 13.2 Å². The fourth-order valence-electron chi connectivity index (χ4n) is 4.14. The summed E-state index contributed by atoms with van der Waals surface area (Å²) in [6.45, 7) is 9.16. The monoisotopic (exact) mass is 389 g/mol. The molecule has 2 aliphatic heterocycles. The van der Waals surface area contributed by atoms with Gasteiger partial charge in [-0.2, -0.15) is 0 Å². The van der Waals surface area contributed by atoms with Gasteiger partial charge in [0.25, 0.3) is 0 Å². The van der Waals surface area contributed by atoms with Gasteiger partial charge in [0.05, 0.1) is 25.4 Å². The van der Waals surface area contributed by atoms with Crippen LogP contribution >= 0.6 is 0 Å². The summed E-state index contributed by atoms with van der Waals surface area (Å²) < 4.78 is 30.4. The van der Waals surface area contributed by atoms with E-state index in [1.54, 1.807) is 0 Å². The summed E-state index contributed by atoms with van der Waals surface area (Å²) in [6, 6.07) is 0.312. The third-order valence-electron chi connectivity index (χ3n) is 5.82. The lowest BCUT2D eigenvalue weighted by Gasteiger charge is -2.39. The smallest absolute Gasteiger partial charge is 0.224 e. The van der Waals surface area contributed by atoms with E-state index >= 15 is 0 Å². The molecule has 0 spiro atoms. The van der Waals surface area contributed by atoms with Crippen molar-refractivity contribution in [1.29, 1.82) is 0 Å². The molecule has 2 saturated heterocycles. The Labute approximate surface area is 158 Å². The average molecular weight is 390 g/mol. The maximum atomic E-state index is 12.7. The number of sulfonamides is 1. The second-order valence-corrected chi connectivity index (χ2v) is 9.48. The van der Waals surface area contributed by atoms with Gasteiger partial charge in [-0.3, -0.25) is 9.69 Å². The Kier molecular flexibility index (Phi) is 8.32. The van der Waals surface area contributed by atoms with Gasteiger partial charge in [0, 0.05) is 38.8 Å². The number of morpholine rings is 1. The molecule has 0 aromatic carbocycles. The number of carbonyl (C=O) groups excluding carboxylic acids is 1. The van der Waals surface area contributed by atoms with Crippen LogP contribution in [0.15, 0.2) is 0 Å². The highest BCUT2D eigenvalue weighted by Gasteiger charge is 2.32. The minimum atomic E-state index is -3.23. The molecule has 2 fully saturated rings. The Hall–Kier alpha value is -0.700. The van der Waals surface area contributed by atoms with E-state index in [0.717, 1.165) is 52.0 Å². The molecular formula is C18H35N3O4S. The lowest BCUT2D eigenvalue weighted by atomic mass is 9.92. The van der Waals surface area contributed by atoms with Gasteiger partial charge in [0.2, 0.25) is 15.9 Å². The molecule has 0 aliphatic carbocycles.